The molecule has 0 unspecified atom stereocenters. The van der Waals surface area contributed by atoms with Crippen molar-refractivity contribution < 1.29 is 19.2 Å². The first kappa shape index (κ1) is 21.0. The monoisotopic (exact) mass is 442 g/mol. The van der Waals surface area contributed by atoms with Gasteiger partial charge < -0.3 is 14.4 Å². The molecule has 2 heterocycles. The molecule has 162 valence electrons. The first-order chi connectivity index (χ1) is 14.9. The van der Waals surface area contributed by atoms with Gasteiger partial charge in [0.2, 0.25) is 0 Å². The first-order valence-electron chi connectivity index (χ1n) is 9.84. The van der Waals surface area contributed by atoms with E-state index in [-0.39, 0.29) is 11.3 Å². The fourth-order valence-corrected chi connectivity index (χ4v) is 4.36. The van der Waals surface area contributed by atoms with Crippen LogP contribution in [0.3, 0.4) is 0 Å². The zero-order valence-corrected chi connectivity index (χ0v) is 18.1. The standard InChI is InChI=1S/C21H22N4O5S/c1-23(2)8-5-9-24(20(26)14-6-3-4-7-16(14)25(27)28)21-22-15-12-17-18(13-19(15)31-21)30-11-10-29-17/h3-4,6-7,12-13H,5,8-11H2,1-2H3. The van der Waals surface area contributed by atoms with Crippen LogP contribution < -0.4 is 14.4 Å². The summed E-state index contributed by atoms with van der Waals surface area (Å²) in [6.45, 7) is 2.11. The molecule has 0 aliphatic carbocycles. The number of ether oxygens (including phenoxy) is 2. The summed E-state index contributed by atoms with van der Waals surface area (Å²) in [6, 6.07) is 9.65. The molecule has 0 radical (unpaired) electrons. The lowest BCUT2D eigenvalue weighted by Gasteiger charge is -2.21. The Labute approximate surface area is 183 Å². The topological polar surface area (TPSA) is 98.0 Å². The van der Waals surface area contributed by atoms with E-state index in [2.05, 4.69) is 4.98 Å². The molecule has 1 amide bonds. The van der Waals surface area contributed by atoms with E-state index in [1.54, 1.807) is 18.2 Å². The van der Waals surface area contributed by atoms with Gasteiger partial charge in [-0.2, -0.15) is 0 Å². The second kappa shape index (κ2) is 8.86. The maximum Gasteiger partial charge on any atom is 0.282 e. The molecule has 1 aromatic heterocycles. The van der Waals surface area contributed by atoms with Crippen molar-refractivity contribution in [2.45, 2.75) is 6.42 Å². The molecule has 3 aromatic rings. The highest BCUT2D eigenvalue weighted by molar-refractivity contribution is 7.22. The number of hydrogen-bond acceptors (Lipinski definition) is 8. The van der Waals surface area contributed by atoms with Gasteiger partial charge in [0.05, 0.1) is 15.1 Å². The van der Waals surface area contributed by atoms with Crippen LogP contribution in [0.15, 0.2) is 36.4 Å². The van der Waals surface area contributed by atoms with Gasteiger partial charge in [0.1, 0.15) is 18.8 Å². The molecule has 9 nitrogen and oxygen atoms in total. The fraction of sp³-hybridized carbons (Fsp3) is 0.333. The molecule has 0 bridgehead atoms. The molecule has 0 saturated carbocycles. The zero-order valence-electron chi connectivity index (χ0n) is 17.2. The Kier molecular flexibility index (Phi) is 6.01. The Morgan fingerprint density at radius 3 is 2.58 bits per heavy atom. The van der Waals surface area contributed by atoms with Gasteiger partial charge >= 0.3 is 0 Å². The molecule has 0 N–H and O–H groups in total. The highest BCUT2D eigenvalue weighted by atomic mass is 32.1. The van der Waals surface area contributed by atoms with Crippen molar-refractivity contribution in [1.82, 2.24) is 9.88 Å². The molecular weight excluding hydrogens is 420 g/mol. The van der Waals surface area contributed by atoms with Gasteiger partial charge in [-0.05, 0) is 33.1 Å². The summed E-state index contributed by atoms with van der Waals surface area (Å²) in [7, 11) is 3.91. The van der Waals surface area contributed by atoms with Crippen molar-refractivity contribution in [2.24, 2.45) is 0 Å². The number of carbonyl (C=O) groups is 1. The van der Waals surface area contributed by atoms with E-state index in [1.165, 1.54) is 28.4 Å². The molecule has 10 heteroatoms. The number of rotatable bonds is 7. The molecule has 0 atom stereocenters. The SMILES string of the molecule is CN(C)CCCN(C(=O)c1ccccc1[N+](=O)[O-])c1nc2cc3c(cc2s1)OCCO3. The fourth-order valence-electron chi connectivity index (χ4n) is 3.36. The van der Waals surface area contributed by atoms with E-state index in [1.807, 2.05) is 25.1 Å². The van der Waals surface area contributed by atoms with E-state index in [4.69, 9.17) is 9.47 Å². The van der Waals surface area contributed by atoms with Crippen LogP contribution in [0, 0.1) is 10.1 Å². The second-order valence-corrected chi connectivity index (χ2v) is 8.36. The van der Waals surface area contributed by atoms with Gasteiger partial charge in [0.15, 0.2) is 16.6 Å². The normalized spacial score (nSPS) is 12.9. The minimum atomic E-state index is -0.535. The Bertz CT molecular complexity index is 1090. The van der Waals surface area contributed by atoms with E-state index < -0.39 is 10.8 Å². The lowest BCUT2D eigenvalue weighted by molar-refractivity contribution is -0.385. The van der Waals surface area contributed by atoms with Crippen molar-refractivity contribution in [3.05, 3.63) is 52.1 Å². The van der Waals surface area contributed by atoms with Crippen LogP contribution in [0.2, 0.25) is 0 Å². The van der Waals surface area contributed by atoms with Crippen LogP contribution in [0.4, 0.5) is 10.8 Å². The third-order valence-corrected chi connectivity index (χ3v) is 5.88. The number of carbonyl (C=O) groups excluding carboxylic acids is 1. The third kappa shape index (κ3) is 4.44. The number of para-hydroxylation sites is 1. The molecule has 4 rings (SSSR count). The minimum Gasteiger partial charge on any atom is -0.486 e. The number of hydrogen-bond donors (Lipinski definition) is 0. The van der Waals surface area contributed by atoms with Crippen LogP contribution in [-0.2, 0) is 0 Å². The van der Waals surface area contributed by atoms with Crippen LogP contribution in [-0.4, -0.2) is 61.1 Å². The van der Waals surface area contributed by atoms with Gasteiger partial charge in [0, 0.05) is 24.7 Å². The maximum absolute atomic E-state index is 13.4. The summed E-state index contributed by atoms with van der Waals surface area (Å²) in [5.74, 6) is 0.834. The smallest absolute Gasteiger partial charge is 0.282 e. The number of nitro benzene ring substituents is 1. The maximum atomic E-state index is 13.4. The Hall–Kier alpha value is -3.24. The van der Waals surface area contributed by atoms with Gasteiger partial charge in [0.25, 0.3) is 11.6 Å². The average molecular weight is 442 g/mol. The van der Waals surface area contributed by atoms with Crippen LogP contribution >= 0.6 is 11.3 Å². The van der Waals surface area contributed by atoms with Crippen LogP contribution in [0.1, 0.15) is 16.8 Å². The summed E-state index contributed by atoms with van der Waals surface area (Å²) in [4.78, 5) is 32.5. The molecule has 0 spiro atoms. The summed E-state index contributed by atoms with van der Waals surface area (Å²) < 4.78 is 12.1. The predicted molar refractivity (Wildman–Crippen MR) is 119 cm³/mol. The number of fused-ring (bicyclic) bond motifs is 2. The van der Waals surface area contributed by atoms with Crippen LogP contribution in [0.5, 0.6) is 11.5 Å². The molecule has 1 aliphatic rings. The third-order valence-electron chi connectivity index (χ3n) is 4.84. The highest BCUT2D eigenvalue weighted by Crippen LogP contribution is 2.39. The van der Waals surface area contributed by atoms with Gasteiger partial charge in [-0.25, -0.2) is 4.98 Å². The molecule has 31 heavy (non-hydrogen) atoms. The Balaban J connectivity index is 1.72. The van der Waals surface area contributed by atoms with Crippen LogP contribution in [0.25, 0.3) is 10.2 Å². The van der Waals surface area contributed by atoms with Crippen molar-refractivity contribution in [3.8, 4) is 11.5 Å². The lowest BCUT2D eigenvalue weighted by Crippen LogP contribution is -2.33. The number of benzene rings is 2. The second-order valence-electron chi connectivity index (χ2n) is 7.35. The average Bonchev–Trinajstić information content (AvgIpc) is 3.16. The van der Waals surface area contributed by atoms with Gasteiger partial charge in [-0.3, -0.25) is 19.8 Å². The largest absolute Gasteiger partial charge is 0.486 e. The number of amides is 1. The molecular formula is C21H22N4O5S. The number of nitrogens with zero attached hydrogens (tertiary/aromatic N) is 4. The van der Waals surface area contributed by atoms with E-state index >= 15 is 0 Å². The molecule has 2 aromatic carbocycles. The van der Waals surface area contributed by atoms with E-state index in [0.717, 1.165) is 11.2 Å². The minimum absolute atomic E-state index is 0.0440. The summed E-state index contributed by atoms with van der Waals surface area (Å²) >= 11 is 1.35. The molecule has 0 fully saturated rings. The lowest BCUT2D eigenvalue weighted by atomic mass is 10.1. The van der Waals surface area contributed by atoms with Crippen molar-refractivity contribution >= 4 is 38.3 Å². The van der Waals surface area contributed by atoms with Crippen molar-refractivity contribution in [2.75, 3.05) is 45.3 Å². The summed E-state index contributed by atoms with van der Waals surface area (Å²) in [6.07, 6.45) is 0.692. The Morgan fingerprint density at radius 1 is 1.16 bits per heavy atom. The molecule has 0 saturated heterocycles. The quantitative estimate of drug-likeness (QED) is 0.407. The van der Waals surface area contributed by atoms with E-state index in [9.17, 15) is 14.9 Å². The Morgan fingerprint density at radius 2 is 1.87 bits per heavy atom. The zero-order chi connectivity index (χ0) is 22.0. The number of thiazole rings is 1. The van der Waals surface area contributed by atoms with Crippen molar-refractivity contribution in [3.63, 3.8) is 0 Å². The molecule has 1 aliphatic heterocycles. The number of aromatic nitrogens is 1. The highest BCUT2D eigenvalue weighted by Gasteiger charge is 2.27. The predicted octanol–water partition coefficient (Wildman–Crippen LogP) is 3.57. The first-order valence-corrected chi connectivity index (χ1v) is 10.7. The van der Waals surface area contributed by atoms with Gasteiger partial charge in [-0.15, -0.1) is 0 Å². The number of anilines is 1. The van der Waals surface area contributed by atoms with Gasteiger partial charge in [-0.1, -0.05) is 23.5 Å². The van der Waals surface area contributed by atoms with Crippen molar-refractivity contribution in [1.29, 1.82) is 0 Å². The number of nitro groups is 1. The van der Waals surface area contributed by atoms with E-state index in [0.29, 0.717) is 48.3 Å². The summed E-state index contributed by atoms with van der Waals surface area (Å²) in [5, 5.41) is 11.9. The summed E-state index contributed by atoms with van der Waals surface area (Å²) in [5.41, 5.74) is 0.517.